The lowest BCUT2D eigenvalue weighted by molar-refractivity contribution is 1.57. The lowest BCUT2D eigenvalue weighted by atomic mass is 10.3. The van der Waals surface area contributed by atoms with Gasteiger partial charge in [0.2, 0.25) is 0 Å². The van der Waals surface area contributed by atoms with E-state index in [9.17, 15) is 0 Å². The molecular formula is C13H10BrClN2S. The van der Waals surface area contributed by atoms with Crippen LogP contribution in [0.3, 0.4) is 0 Å². The van der Waals surface area contributed by atoms with Gasteiger partial charge in [0.15, 0.2) is 5.11 Å². The van der Waals surface area contributed by atoms with Gasteiger partial charge in [-0.15, -0.1) is 0 Å². The molecule has 0 aromatic heterocycles. The van der Waals surface area contributed by atoms with Gasteiger partial charge in [0.25, 0.3) is 0 Å². The first kappa shape index (κ1) is 13.3. The highest BCUT2D eigenvalue weighted by Crippen LogP contribution is 2.23. The molecule has 2 nitrogen and oxygen atoms in total. The molecule has 0 aliphatic rings. The summed E-state index contributed by atoms with van der Waals surface area (Å²) in [6.45, 7) is 0. The number of para-hydroxylation sites is 2. The molecule has 0 atom stereocenters. The third kappa shape index (κ3) is 3.45. The van der Waals surface area contributed by atoms with E-state index < -0.39 is 0 Å². The van der Waals surface area contributed by atoms with Crippen molar-refractivity contribution in [1.82, 2.24) is 0 Å². The molecule has 0 radical (unpaired) electrons. The van der Waals surface area contributed by atoms with Crippen LogP contribution in [0.5, 0.6) is 0 Å². The van der Waals surface area contributed by atoms with Crippen LogP contribution in [0, 0.1) is 0 Å². The summed E-state index contributed by atoms with van der Waals surface area (Å²) in [4.78, 5) is 0. The average molecular weight is 342 g/mol. The van der Waals surface area contributed by atoms with Crippen LogP contribution < -0.4 is 10.6 Å². The average Bonchev–Trinajstić information content (AvgIpc) is 2.35. The molecule has 2 rings (SSSR count). The maximum atomic E-state index is 6.04. The van der Waals surface area contributed by atoms with E-state index in [2.05, 4.69) is 26.6 Å². The van der Waals surface area contributed by atoms with Gasteiger partial charge in [-0.2, -0.15) is 0 Å². The highest BCUT2D eigenvalue weighted by atomic mass is 79.9. The summed E-state index contributed by atoms with van der Waals surface area (Å²) >= 11 is 14.7. The molecule has 0 spiro atoms. The van der Waals surface area contributed by atoms with Gasteiger partial charge in [-0.1, -0.05) is 35.9 Å². The van der Waals surface area contributed by atoms with Gasteiger partial charge in [-0.05, 0) is 52.4 Å². The SMILES string of the molecule is S=C(Nc1ccccc1Cl)Nc1ccccc1Br. The van der Waals surface area contributed by atoms with Gasteiger partial charge in [-0.25, -0.2) is 0 Å². The quantitative estimate of drug-likeness (QED) is 0.759. The van der Waals surface area contributed by atoms with Crippen molar-refractivity contribution in [2.45, 2.75) is 0 Å². The predicted octanol–water partition coefficient (Wildman–Crippen LogP) is 4.91. The maximum Gasteiger partial charge on any atom is 0.175 e. The Labute approximate surface area is 124 Å². The summed E-state index contributed by atoms with van der Waals surface area (Å²) in [7, 11) is 0. The molecule has 0 aliphatic heterocycles. The lowest BCUT2D eigenvalue weighted by Crippen LogP contribution is -2.19. The van der Waals surface area contributed by atoms with Crippen LogP contribution in [-0.2, 0) is 0 Å². The van der Waals surface area contributed by atoms with Crippen LogP contribution in [0.1, 0.15) is 0 Å². The largest absolute Gasteiger partial charge is 0.332 e. The number of hydrogen-bond donors (Lipinski definition) is 2. The van der Waals surface area contributed by atoms with E-state index in [0.717, 1.165) is 15.8 Å². The first-order valence-corrected chi connectivity index (χ1v) is 6.82. The highest BCUT2D eigenvalue weighted by Gasteiger charge is 2.03. The molecule has 0 fully saturated rings. The third-order valence-corrected chi connectivity index (χ3v) is 3.47. The third-order valence-electron chi connectivity index (χ3n) is 2.24. The molecule has 0 heterocycles. The molecule has 0 bridgehead atoms. The Morgan fingerprint density at radius 2 is 1.50 bits per heavy atom. The summed E-state index contributed by atoms with van der Waals surface area (Å²) in [6.07, 6.45) is 0. The van der Waals surface area contributed by atoms with E-state index in [-0.39, 0.29) is 0 Å². The fraction of sp³-hybridized carbons (Fsp3) is 0. The van der Waals surface area contributed by atoms with Crippen LogP contribution in [-0.4, -0.2) is 5.11 Å². The number of hydrogen-bond acceptors (Lipinski definition) is 1. The van der Waals surface area contributed by atoms with E-state index in [1.165, 1.54) is 0 Å². The molecule has 0 unspecified atom stereocenters. The van der Waals surface area contributed by atoms with Crippen molar-refractivity contribution in [3.8, 4) is 0 Å². The lowest BCUT2D eigenvalue weighted by Gasteiger charge is -2.12. The number of anilines is 2. The minimum Gasteiger partial charge on any atom is -0.332 e. The molecule has 2 aromatic rings. The van der Waals surface area contributed by atoms with E-state index in [1.807, 2.05) is 48.5 Å². The molecule has 0 aliphatic carbocycles. The number of thiocarbonyl (C=S) groups is 1. The van der Waals surface area contributed by atoms with Gasteiger partial charge < -0.3 is 10.6 Å². The van der Waals surface area contributed by atoms with Crippen molar-refractivity contribution in [1.29, 1.82) is 0 Å². The molecule has 0 saturated carbocycles. The van der Waals surface area contributed by atoms with Crippen molar-refractivity contribution in [2.75, 3.05) is 10.6 Å². The Morgan fingerprint density at radius 1 is 0.944 bits per heavy atom. The molecule has 5 heteroatoms. The zero-order chi connectivity index (χ0) is 13.0. The predicted molar refractivity (Wildman–Crippen MR) is 85.4 cm³/mol. The van der Waals surface area contributed by atoms with Crippen molar-refractivity contribution >= 4 is 56.2 Å². The van der Waals surface area contributed by atoms with Crippen molar-refractivity contribution < 1.29 is 0 Å². The minimum absolute atomic E-state index is 0.495. The first-order valence-electron chi connectivity index (χ1n) is 5.24. The fourth-order valence-corrected chi connectivity index (χ4v) is 2.19. The standard InChI is InChI=1S/C13H10BrClN2S/c14-9-5-1-3-7-11(9)16-13(18)17-12-8-4-2-6-10(12)15/h1-8H,(H2,16,17,18). The summed E-state index contributed by atoms with van der Waals surface area (Å²) < 4.78 is 0.952. The molecular weight excluding hydrogens is 332 g/mol. The zero-order valence-corrected chi connectivity index (χ0v) is 12.4. The highest BCUT2D eigenvalue weighted by molar-refractivity contribution is 9.10. The van der Waals surface area contributed by atoms with Crippen molar-refractivity contribution in [2.24, 2.45) is 0 Å². The minimum atomic E-state index is 0.495. The Morgan fingerprint density at radius 3 is 2.17 bits per heavy atom. The van der Waals surface area contributed by atoms with Crippen LogP contribution in [0.15, 0.2) is 53.0 Å². The zero-order valence-electron chi connectivity index (χ0n) is 9.28. The Hall–Kier alpha value is -1.10. The van der Waals surface area contributed by atoms with Gasteiger partial charge in [-0.3, -0.25) is 0 Å². The molecule has 2 N–H and O–H groups in total. The molecule has 0 saturated heterocycles. The van der Waals surface area contributed by atoms with Gasteiger partial charge in [0, 0.05) is 4.47 Å². The van der Waals surface area contributed by atoms with Crippen LogP contribution in [0.4, 0.5) is 11.4 Å². The summed E-state index contributed by atoms with van der Waals surface area (Å²) in [5, 5.41) is 7.28. The van der Waals surface area contributed by atoms with E-state index in [0.29, 0.717) is 10.1 Å². The number of benzene rings is 2. The Kier molecular flexibility index (Phi) is 4.58. The summed E-state index contributed by atoms with van der Waals surface area (Å²) in [6, 6.07) is 15.2. The second-order valence-corrected chi connectivity index (χ2v) is 5.21. The Bertz CT molecular complexity index is 525. The van der Waals surface area contributed by atoms with E-state index in [4.69, 9.17) is 23.8 Å². The second kappa shape index (κ2) is 6.18. The number of nitrogens with one attached hydrogen (secondary N) is 2. The molecule has 2 aromatic carbocycles. The van der Waals surface area contributed by atoms with Crippen LogP contribution >= 0.6 is 39.7 Å². The second-order valence-electron chi connectivity index (χ2n) is 3.54. The Balaban J connectivity index is 2.06. The van der Waals surface area contributed by atoms with Crippen LogP contribution in [0.2, 0.25) is 5.02 Å². The number of rotatable bonds is 2. The first-order chi connectivity index (χ1) is 8.66. The van der Waals surface area contributed by atoms with Crippen LogP contribution in [0.25, 0.3) is 0 Å². The smallest absolute Gasteiger partial charge is 0.175 e. The molecule has 92 valence electrons. The van der Waals surface area contributed by atoms with Crippen molar-refractivity contribution in [3.63, 3.8) is 0 Å². The topological polar surface area (TPSA) is 24.1 Å². The number of halogens is 2. The fourth-order valence-electron chi connectivity index (χ4n) is 1.40. The van der Waals surface area contributed by atoms with Crippen molar-refractivity contribution in [3.05, 3.63) is 58.0 Å². The summed E-state index contributed by atoms with van der Waals surface area (Å²) in [5.74, 6) is 0. The maximum absolute atomic E-state index is 6.04. The van der Waals surface area contributed by atoms with Gasteiger partial charge in [0.05, 0.1) is 16.4 Å². The monoisotopic (exact) mass is 340 g/mol. The van der Waals surface area contributed by atoms with E-state index in [1.54, 1.807) is 0 Å². The summed E-state index contributed by atoms with van der Waals surface area (Å²) in [5.41, 5.74) is 1.69. The molecule has 0 amide bonds. The van der Waals surface area contributed by atoms with Gasteiger partial charge >= 0.3 is 0 Å². The normalized spacial score (nSPS) is 9.89. The van der Waals surface area contributed by atoms with E-state index >= 15 is 0 Å². The molecule has 18 heavy (non-hydrogen) atoms. The van der Waals surface area contributed by atoms with Gasteiger partial charge in [0.1, 0.15) is 0 Å².